The maximum Gasteiger partial charge on any atom is 0.255 e. The molecule has 2 aromatic heterocycles. The summed E-state index contributed by atoms with van der Waals surface area (Å²) in [6, 6.07) is 11.4. The Balaban J connectivity index is 1.45. The van der Waals surface area contributed by atoms with Crippen LogP contribution in [0.15, 0.2) is 53.4 Å². The number of piperazine rings is 1. The molecule has 4 rings (SSSR count). The van der Waals surface area contributed by atoms with Crippen LogP contribution in [-0.2, 0) is 0 Å². The molecule has 1 aromatic carbocycles. The zero-order valence-electron chi connectivity index (χ0n) is 14.9. The zero-order valence-corrected chi connectivity index (χ0v) is 16.5. The molecule has 27 heavy (non-hydrogen) atoms. The highest BCUT2D eigenvalue weighted by Gasteiger charge is 2.24. The first-order valence-electron chi connectivity index (χ1n) is 8.75. The van der Waals surface area contributed by atoms with Crippen LogP contribution in [0.3, 0.4) is 0 Å². The lowest BCUT2D eigenvalue weighted by molar-refractivity contribution is 0.0745. The van der Waals surface area contributed by atoms with Gasteiger partial charge >= 0.3 is 0 Å². The second kappa shape index (κ2) is 7.48. The largest absolute Gasteiger partial charge is 0.353 e. The topological polar surface area (TPSA) is 67.2 Å². The van der Waals surface area contributed by atoms with Crippen molar-refractivity contribution in [1.82, 2.24) is 24.6 Å². The SMILES string of the molecule is Cc1ccn(-c2cc(N3CCN(C(=O)c4ccccc4Br)CC3)ncn2)n1. The summed E-state index contributed by atoms with van der Waals surface area (Å²) < 4.78 is 2.57. The molecule has 1 saturated heterocycles. The van der Waals surface area contributed by atoms with Crippen LogP contribution in [0.4, 0.5) is 5.82 Å². The molecule has 1 aliphatic heterocycles. The molecule has 7 nitrogen and oxygen atoms in total. The number of carbonyl (C=O) groups is 1. The van der Waals surface area contributed by atoms with Gasteiger partial charge in [-0.25, -0.2) is 14.6 Å². The second-order valence-electron chi connectivity index (χ2n) is 6.40. The molecule has 0 bridgehead atoms. The van der Waals surface area contributed by atoms with Gasteiger partial charge in [0.2, 0.25) is 0 Å². The van der Waals surface area contributed by atoms with Gasteiger partial charge in [0, 0.05) is 42.9 Å². The van der Waals surface area contributed by atoms with Crippen LogP contribution in [0, 0.1) is 6.92 Å². The first-order valence-corrected chi connectivity index (χ1v) is 9.54. The van der Waals surface area contributed by atoms with Gasteiger partial charge in [-0.3, -0.25) is 4.79 Å². The van der Waals surface area contributed by atoms with E-state index in [0.29, 0.717) is 18.7 Å². The smallest absolute Gasteiger partial charge is 0.255 e. The predicted octanol–water partition coefficient (Wildman–Crippen LogP) is 2.70. The summed E-state index contributed by atoms with van der Waals surface area (Å²) in [5.41, 5.74) is 1.64. The van der Waals surface area contributed by atoms with Crippen LogP contribution in [-0.4, -0.2) is 56.7 Å². The van der Waals surface area contributed by atoms with E-state index >= 15 is 0 Å². The van der Waals surface area contributed by atoms with E-state index in [1.807, 2.05) is 54.4 Å². The number of benzene rings is 1. The van der Waals surface area contributed by atoms with Crippen LogP contribution >= 0.6 is 15.9 Å². The number of nitrogens with zero attached hydrogens (tertiary/aromatic N) is 6. The Bertz CT molecular complexity index is 964. The van der Waals surface area contributed by atoms with Gasteiger partial charge < -0.3 is 9.80 Å². The van der Waals surface area contributed by atoms with Gasteiger partial charge in [0.15, 0.2) is 5.82 Å². The van der Waals surface area contributed by atoms with Crippen molar-refractivity contribution in [3.05, 3.63) is 64.7 Å². The average Bonchev–Trinajstić information content (AvgIpc) is 3.14. The third-order valence-electron chi connectivity index (χ3n) is 4.59. The molecule has 0 radical (unpaired) electrons. The van der Waals surface area contributed by atoms with E-state index in [9.17, 15) is 4.79 Å². The fourth-order valence-corrected chi connectivity index (χ4v) is 3.58. The highest BCUT2D eigenvalue weighted by atomic mass is 79.9. The van der Waals surface area contributed by atoms with Gasteiger partial charge in [0.1, 0.15) is 12.1 Å². The first kappa shape index (κ1) is 17.7. The van der Waals surface area contributed by atoms with Gasteiger partial charge in [-0.2, -0.15) is 5.10 Å². The minimum absolute atomic E-state index is 0.0533. The van der Waals surface area contributed by atoms with E-state index in [4.69, 9.17) is 0 Å². The van der Waals surface area contributed by atoms with Gasteiger partial charge in [-0.15, -0.1) is 0 Å². The normalized spacial score (nSPS) is 14.4. The summed E-state index contributed by atoms with van der Waals surface area (Å²) in [6.07, 6.45) is 3.44. The first-order chi connectivity index (χ1) is 13.1. The van der Waals surface area contributed by atoms with Crippen molar-refractivity contribution >= 4 is 27.7 Å². The number of halogens is 1. The van der Waals surface area contributed by atoms with Gasteiger partial charge in [0.25, 0.3) is 5.91 Å². The van der Waals surface area contributed by atoms with Gasteiger partial charge in [0.05, 0.1) is 11.3 Å². The van der Waals surface area contributed by atoms with Crippen molar-refractivity contribution in [2.75, 3.05) is 31.1 Å². The van der Waals surface area contributed by atoms with Crippen LogP contribution in [0.5, 0.6) is 0 Å². The van der Waals surface area contributed by atoms with E-state index in [2.05, 4.69) is 35.9 Å². The van der Waals surface area contributed by atoms with Crippen molar-refractivity contribution in [2.45, 2.75) is 6.92 Å². The Morgan fingerprint density at radius 3 is 2.48 bits per heavy atom. The number of hydrogen-bond donors (Lipinski definition) is 0. The molecular formula is C19H19BrN6O. The van der Waals surface area contributed by atoms with Crippen LogP contribution in [0.1, 0.15) is 16.1 Å². The molecule has 0 unspecified atom stereocenters. The third kappa shape index (κ3) is 3.71. The van der Waals surface area contributed by atoms with E-state index < -0.39 is 0 Å². The molecule has 138 valence electrons. The standard InChI is InChI=1S/C19H19BrN6O/c1-14-6-7-26(23-14)18-12-17(21-13-22-18)24-8-10-25(11-9-24)19(27)15-4-2-3-5-16(15)20/h2-7,12-13H,8-11H2,1H3. The summed E-state index contributed by atoms with van der Waals surface area (Å²) in [6.45, 7) is 4.70. The second-order valence-corrected chi connectivity index (χ2v) is 7.25. The molecule has 3 heterocycles. The molecule has 0 atom stereocenters. The third-order valence-corrected chi connectivity index (χ3v) is 5.28. The predicted molar refractivity (Wildman–Crippen MR) is 106 cm³/mol. The highest BCUT2D eigenvalue weighted by molar-refractivity contribution is 9.10. The Labute approximate surface area is 165 Å². The summed E-state index contributed by atoms with van der Waals surface area (Å²) in [5, 5.41) is 4.39. The number of rotatable bonds is 3. The Kier molecular flexibility index (Phi) is 4.89. The van der Waals surface area contributed by atoms with Crippen LogP contribution in [0.25, 0.3) is 5.82 Å². The molecule has 1 aliphatic rings. The maximum atomic E-state index is 12.7. The minimum Gasteiger partial charge on any atom is -0.353 e. The van der Waals surface area contributed by atoms with E-state index in [0.717, 1.165) is 34.9 Å². The van der Waals surface area contributed by atoms with Crippen molar-refractivity contribution < 1.29 is 4.79 Å². The quantitative estimate of drug-likeness (QED) is 0.643. The molecule has 1 amide bonds. The van der Waals surface area contributed by atoms with E-state index in [1.54, 1.807) is 11.0 Å². The fraction of sp³-hybridized carbons (Fsp3) is 0.263. The molecule has 0 aliphatic carbocycles. The maximum absolute atomic E-state index is 12.7. The summed E-state index contributed by atoms with van der Waals surface area (Å²) in [4.78, 5) is 25.5. The van der Waals surface area contributed by atoms with E-state index in [-0.39, 0.29) is 5.91 Å². The molecule has 1 fully saturated rings. The molecule has 0 N–H and O–H groups in total. The van der Waals surface area contributed by atoms with Crippen molar-refractivity contribution in [1.29, 1.82) is 0 Å². The summed E-state index contributed by atoms with van der Waals surface area (Å²) >= 11 is 3.46. The average molecular weight is 427 g/mol. The summed E-state index contributed by atoms with van der Waals surface area (Å²) in [7, 11) is 0. The van der Waals surface area contributed by atoms with Crippen molar-refractivity contribution in [2.24, 2.45) is 0 Å². The highest BCUT2D eigenvalue weighted by Crippen LogP contribution is 2.20. The van der Waals surface area contributed by atoms with Crippen molar-refractivity contribution in [3.63, 3.8) is 0 Å². The fourth-order valence-electron chi connectivity index (χ4n) is 3.12. The summed E-state index contributed by atoms with van der Waals surface area (Å²) in [5.74, 6) is 1.64. The number of aryl methyl sites for hydroxylation is 1. The molecule has 0 spiro atoms. The lowest BCUT2D eigenvalue weighted by Gasteiger charge is -2.35. The van der Waals surface area contributed by atoms with Gasteiger partial charge in [-0.05, 0) is 41.1 Å². The lowest BCUT2D eigenvalue weighted by Crippen LogP contribution is -2.49. The monoisotopic (exact) mass is 426 g/mol. The van der Waals surface area contributed by atoms with Crippen LogP contribution < -0.4 is 4.90 Å². The molecule has 0 saturated carbocycles. The Morgan fingerprint density at radius 1 is 1.04 bits per heavy atom. The van der Waals surface area contributed by atoms with Gasteiger partial charge in [-0.1, -0.05) is 12.1 Å². The Morgan fingerprint density at radius 2 is 1.78 bits per heavy atom. The zero-order chi connectivity index (χ0) is 18.8. The van der Waals surface area contributed by atoms with Crippen LogP contribution in [0.2, 0.25) is 0 Å². The van der Waals surface area contributed by atoms with Crippen molar-refractivity contribution in [3.8, 4) is 5.82 Å². The Hall–Kier alpha value is -2.74. The lowest BCUT2D eigenvalue weighted by atomic mass is 10.2. The molecule has 8 heteroatoms. The number of hydrogen-bond acceptors (Lipinski definition) is 5. The number of carbonyl (C=O) groups excluding carboxylic acids is 1. The molecular weight excluding hydrogens is 408 g/mol. The number of anilines is 1. The number of aromatic nitrogens is 4. The minimum atomic E-state index is 0.0533. The van der Waals surface area contributed by atoms with E-state index in [1.165, 1.54) is 0 Å². The number of amides is 1. The molecule has 3 aromatic rings.